The Morgan fingerprint density at radius 1 is 1.67 bits per heavy atom. The number of H-pyrrole nitrogens is 1. The first-order valence-electron chi connectivity index (χ1n) is 5.54. The molecule has 6 nitrogen and oxygen atoms in total. The number of aromatic nitrogens is 3. The molecule has 2 aromatic heterocycles. The van der Waals surface area contributed by atoms with Crippen LogP contribution in [0, 0.1) is 11.3 Å². The number of nitriles is 1. The van der Waals surface area contributed by atoms with Gasteiger partial charge in [0, 0.05) is 38.1 Å². The van der Waals surface area contributed by atoms with Gasteiger partial charge in [0.05, 0.1) is 5.56 Å². The summed E-state index contributed by atoms with van der Waals surface area (Å²) in [5.74, 6) is -0.210. The van der Waals surface area contributed by atoms with Gasteiger partial charge in [0.25, 0.3) is 5.91 Å². The fourth-order valence-corrected chi connectivity index (χ4v) is 1.64. The first-order chi connectivity index (χ1) is 8.70. The van der Waals surface area contributed by atoms with E-state index in [-0.39, 0.29) is 5.91 Å². The molecule has 0 aliphatic heterocycles. The molecule has 0 saturated carbocycles. The number of amides is 1. The predicted molar refractivity (Wildman–Crippen MR) is 64.8 cm³/mol. The summed E-state index contributed by atoms with van der Waals surface area (Å²) in [6, 6.07) is 5.40. The molecule has 0 bridgehead atoms. The van der Waals surface area contributed by atoms with Crippen molar-refractivity contribution in [2.45, 2.75) is 6.42 Å². The van der Waals surface area contributed by atoms with Gasteiger partial charge in [0.15, 0.2) is 0 Å². The molecule has 0 aliphatic rings. The van der Waals surface area contributed by atoms with E-state index in [1.807, 2.05) is 19.2 Å². The topological polar surface area (TPSA) is 86.5 Å². The van der Waals surface area contributed by atoms with E-state index in [0.29, 0.717) is 24.2 Å². The number of hydrogen-bond donors (Lipinski definition) is 2. The number of aryl methyl sites for hydroxylation is 1. The molecular formula is C12H13N5O. The molecule has 2 heterocycles. The molecule has 0 fully saturated rings. The molecule has 18 heavy (non-hydrogen) atoms. The normalized spacial score (nSPS) is 10.0. The third kappa shape index (κ3) is 2.58. The van der Waals surface area contributed by atoms with E-state index in [1.165, 1.54) is 12.3 Å². The molecule has 2 rings (SSSR count). The van der Waals surface area contributed by atoms with Crippen LogP contribution in [0.25, 0.3) is 0 Å². The number of aromatic amines is 1. The number of carbonyl (C=O) groups is 1. The Kier molecular flexibility index (Phi) is 3.44. The molecule has 6 heteroatoms. The van der Waals surface area contributed by atoms with Gasteiger partial charge in [-0.25, -0.2) is 0 Å². The van der Waals surface area contributed by atoms with Crippen LogP contribution < -0.4 is 5.32 Å². The van der Waals surface area contributed by atoms with Gasteiger partial charge < -0.3 is 10.3 Å². The van der Waals surface area contributed by atoms with Crippen molar-refractivity contribution in [1.29, 1.82) is 5.26 Å². The van der Waals surface area contributed by atoms with Crippen LogP contribution in [0.3, 0.4) is 0 Å². The average molecular weight is 243 g/mol. The smallest absolute Gasteiger partial charge is 0.267 e. The maximum absolute atomic E-state index is 11.7. The fourth-order valence-electron chi connectivity index (χ4n) is 1.64. The van der Waals surface area contributed by atoms with E-state index in [4.69, 9.17) is 5.26 Å². The third-order valence-corrected chi connectivity index (χ3v) is 2.65. The molecule has 0 aliphatic carbocycles. The largest absolute Gasteiger partial charge is 0.356 e. The number of carbonyl (C=O) groups excluding carboxylic acids is 1. The molecule has 92 valence electrons. The zero-order valence-electron chi connectivity index (χ0n) is 9.97. The Bertz CT molecular complexity index is 590. The number of rotatable bonds is 4. The summed E-state index contributed by atoms with van der Waals surface area (Å²) in [5.41, 5.74) is 1.91. The second-order valence-electron chi connectivity index (χ2n) is 3.87. The van der Waals surface area contributed by atoms with Gasteiger partial charge in [-0.1, -0.05) is 0 Å². The van der Waals surface area contributed by atoms with Crippen LogP contribution in [-0.4, -0.2) is 27.2 Å². The summed E-state index contributed by atoms with van der Waals surface area (Å²) in [4.78, 5) is 14.5. The lowest BCUT2D eigenvalue weighted by molar-refractivity contribution is 0.0949. The van der Waals surface area contributed by atoms with Crippen LogP contribution in [0.2, 0.25) is 0 Å². The lowest BCUT2D eigenvalue weighted by Crippen LogP contribution is -2.26. The minimum Gasteiger partial charge on any atom is -0.356 e. The van der Waals surface area contributed by atoms with Gasteiger partial charge in [-0.2, -0.15) is 10.4 Å². The van der Waals surface area contributed by atoms with Crippen molar-refractivity contribution in [2.24, 2.45) is 7.05 Å². The average Bonchev–Trinajstić information content (AvgIpc) is 2.98. The summed E-state index contributed by atoms with van der Waals surface area (Å²) < 4.78 is 1.77. The zero-order chi connectivity index (χ0) is 13.0. The third-order valence-electron chi connectivity index (χ3n) is 2.65. The van der Waals surface area contributed by atoms with Crippen molar-refractivity contribution in [2.75, 3.05) is 6.54 Å². The van der Waals surface area contributed by atoms with Crippen LogP contribution in [0.1, 0.15) is 21.7 Å². The second kappa shape index (κ2) is 5.19. The van der Waals surface area contributed by atoms with Gasteiger partial charge in [0.1, 0.15) is 11.8 Å². The summed E-state index contributed by atoms with van der Waals surface area (Å²) >= 11 is 0. The van der Waals surface area contributed by atoms with E-state index in [2.05, 4.69) is 15.4 Å². The first-order valence-corrected chi connectivity index (χ1v) is 5.54. The quantitative estimate of drug-likeness (QED) is 0.824. The number of nitrogens with zero attached hydrogens (tertiary/aromatic N) is 3. The number of hydrogen-bond acceptors (Lipinski definition) is 3. The zero-order valence-corrected chi connectivity index (χ0v) is 9.97. The highest BCUT2D eigenvalue weighted by Crippen LogP contribution is 2.02. The number of nitrogens with one attached hydrogen (secondary N) is 2. The molecule has 0 aromatic carbocycles. The molecule has 2 N–H and O–H groups in total. The van der Waals surface area contributed by atoms with Crippen molar-refractivity contribution >= 4 is 5.91 Å². The van der Waals surface area contributed by atoms with E-state index in [9.17, 15) is 4.79 Å². The Labute approximate surface area is 104 Å². The predicted octanol–water partition coefficient (Wildman–Crippen LogP) is 0.592. The highest BCUT2D eigenvalue weighted by molar-refractivity contribution is 5.92. The van der Waals surface area contributed by atoms with Crippen molar-refractivity contribution in [3.63, 3.8) is 0 Å². The standard InChI is InChI=1S/C12H13N5O/c1-17-10(3-5-16-17)2-4-14-12(18)11-6-9(7-13)8-15-11/h3,5-6,8,15H,2,4H2,1H3,(H,14,18). The Hall–Kier alpha value is -2.55. The second-order valence-corrected chi connectivity index (χ2v) is 3.87. The van der Waals surface area contributed by atoms with Crippen molar-refractivity contribution in [3.8, 4) is 6.07 Å². The minimum atomic E-state index is -0.210. The highest BCUT2D eigenvalue weighted by Gasteiger charge is 2.08. The Morgan fingerprint density at radius 3 is 3.11 bits per heavy atom. The van der Waals surface area contributed by atoms with Crippen LogP contribution in [0.5, 0.6) is 0 Å². The summed E-state index contributed by atoms with van der Waals surface area (Å²) in [5, 5.41) is 15.5. The van der Waals surface area contributed by atoms with Crippen LogP contribution in [0.15, 0.2) is 24.5 Å². The highest BCUT2D eigenvalue weighted by atomic mass is 16.1. The van der Waals surface area contributed by atoms with Crippen LogP contribution in [-0.2, 0) is 13.5 Å². The molecule has 0 radical (unpaired) electrons. The lowest BCUT2D eigenvalue weighted by Gasteiger charge is -2.04. The maximum atomic E-state index is 11.7. The van der Waals surface area contributed by atoms with Crippen molar-refractivity contribution in [3.05, 3.63) is 41.5 Å². The fraction of sp³-hybridized carbons (Fsp3) is 0.250. The Balaban J connectivity index is 1.86. The molecule has 0 saturated heterocycles. The van der Waals surface area contributed by atoms with E-state index >= 15 is 0 Å². The molecule has 1 amide bonds. The molecular weight excluding hydrogens is 230 g/mol. The van der Waals surface area contributed by atoms with Gasteiger partial charge in [-0.3, -0.25) is 9.48 Å². The molecule has 0 unspecified atom stereocenters. The molecule has 0 spiro atoms. The van der Waals surface area contributed by atoms with E-state index in [0.717, 1.165) is 5.69 Å². The van der Waals surface area contributed by atoms with Crippen LogP contribution in [0.4, 0.5) is 0 Å². The molecule has 2 aromatic rings. The van der Waals surface area contributed by atoms with Crippen molar-refractivity contribution < 1.29 is 4.79 Å². The summed E-state index contributed by atoms with van der Waals surface area (Å²) in [6.45, 7) is 0.527. The van der Waals surface area contributed by atoms with Crippen LogP contribution >= 0.6 is 0 Å². The Morgan fingerprint density at radius 2 is 2.50 bits per heavy atom. The van der Waals surface area contributed by atoms with Gasteiger partial charge in [-0.05, 0) is 12.1 Å². The van der Waals surface area contributed by atoms with E-state index < -0.39 is 0 Å². The van der Waals surface area contributed by atoms with Gasteiger partial charge in [0.2, 0.25) is 0 Å². The summed E-state index contributed by atoms with van der Waals surface area (Å²) in [6.07, 6.45) is 3.95. The van der Waals surface area contributed by atoms with Gasteiger partial charge in [-0.15, -0.1) is 0 Å². The first kappa shape index (κ1) is 11.9. The van der Waals surface area contributed by atoms with E-state index in [1.54, 1.807) is 10.9 Å². The lowest BCUT2D eigenvalue weighted by atomic mass is 10.3. The van der Waals surface area contributed by atoms with Gasteiger partial charge >= 0.3 is 0 Å². The monoisotopic (exact) mass is 243 g/mol. The summed E-state index contributed by atoms with van der Waals surface area (Å²) in [7, 11) is 1.86. The minimum absolute atomic E-state index is 0.210. The SMILES string of the molecule is Cn1nccc1CCNC(=O)c1cc(C#N)c[nH]1. The van der Waals surface area contributed by atoms with Crippen molar-refractivity contribution in [1.82, 2.24) is 20.1 Å². The maximum Gasteiger partial charge on any atom is 0.267 e. The molecule has 0 atom stereocenters.